The van der Waals surface area contributed by atoms with E-state index in [0.29, 0.717) is 48.8 Å². The zero-order valence-corrected chi connectivity index (χ0v) is 14.6. The van der Waals surface area contributed by atoms with E-state index < -0.39 is 0 Å². The number of nitrogens with zero attached hydrogens (tertiary/aromatic N) is 7. The Morgan fingerprint density at radius 2 is 1.78 bits per heavy atom. The van der Waals surface area contributed by atoms with Crippen LogP contribution in [0.4, 0.5) is 10.2 Å². The summed E-state index contributed by atoms with van der Waals surface area (Å²) < 4.78 is 14.8. The van der Waals surface area contributed by atoms with E-state index in [1.165, 1.54) is 18.5 Å². The van der Waals surface area contributed by atoms with Crippen molar-refractivity contribution >= 4 is 22.9 Å². The lowest BCUT2D eigenvalue weighted by molar-refractivity contribution is -0.132. The molecule has 1 amide bonds. The summed E-state index contributed by atoms with van der Waals surface area (Å²) in [5, 5.41) is 8.43. The van der Waals surface area contributed by atoms with Gasteiger partial charge in [-0.1, -0.05) is 5.21 Å². The number of hydrogen-bond acceptors (Lipinski definition) is 6. The number of piperazine rings is 1. The molecule has 0 N–H and O–H groups in total. The van der Waals surface area contributed by atoms with Crippen molar-refractivity contribution in [1.82, 2.24) is 29.9 Å². The van der Waals surface area contributed by atoms with Gasteiger partial charge in [0.05, 0.1) is 5.69 Å². The van der Waals surface area contributed by atoms with Crippen molar-refractivity contribution in [3.8, 4) is 5.69 Å². The van der Waals surface area contributed by atoms with Crippen molar-refractivity contribution < 1.29 is 9.18 Å². The molecule has 0 spiro atoms. The average Bonchev–Trinajstić information content (AvgIpc) is 3.47. The maximum Gasteiger partial charge on any atom is 0.225 e. The van der Waals surface area contributed by atoms with Crippen LogP contribution in [0.15, 0.2) is 30.6 Å². The third-order valence-electron chi connectivity index (χ3n) is 5.11. The van der Waals surface area contributed by atoms with Crippen LogP contribution >= 0.6 is 0 Å². The van der Waals surface area contributed by atoms with E-state index >= 15 is 0 Å². The molecule has 5 rings (SSSR count). The van der Waals surface area contributed by atoms with Gasteiger partial charge in [0, 0.05) is 32.1 Å². The number of carbonyl (C=O) groups is 1. The predicted molar refractivity (Wildman–Crippen MR) is 95.9 cm³/mol. The normalized spacial score (nSPS) is 17.5. The third kappa shape index (κ3) is 2.88. The molecule has 9 heteroatoms. The maximum absolute atomic E-state index is 13.2. The van der Waals surface area contributed by atoms with Crippen LogP contribution in [-0.2, 0) is 4.79 Å². The minimum absolute atomic E-state index is 0.248. The molecule has 2 aromatic heterocycles. The molecule has 2 aliphatic rings. The van der Waals surface area contributed by atoms with Gasteiger partial charge >= 0.3 is 0 Å². The number of amides is 1. The number of benzene rings is 1. The maximum atomic E-state index is 13.2. The molecule has 1 saturated carbocycles. The van der Waals surface area contributed by atoms with Gasteiger partial charge in [-0.2, -0.15) is 4.68 Å². The summed E-state index contributed by atoms with van der Waals surface area (Å²) in [6.45, 7) is 2.78. The molecule has 1 aliphatic heterocycles. The van der Waals surface area contributed by atoms with Crippen molar-refractivity contribution in [3.63, 3.8) is 0 Å². The molecule has 1 aromatic carbocycles. The molecule has 2 fully saturated rings. The molecule has 8 nitrogen and oxygen atoms in total. The van der Waals surface area contributed by atoms with Gasteiger partial charge in [0.1, 0.15) is 12.1 Å². The Bertz CT molecular complexity index is 991. The SMILES string of the molecule is O=C(C1CC1)N1CCN(c2ncnc3c2nnn3-c2ccc(F)cc2)CC1. The lowest BCUT2D eigenvalue weighted by Gasteiger charge is -2.35. The molecule has 3 heterocycles. The molecule has 138 valence electrons. The zero-order valence-electron chi connectivity index (χ0n) is 14.6. The van der Waals surface area contributed by atoms with Crippen molar-refractivity contribution in [2.45, 2.75) is 12.8 Å². The van der Waals surface area contributed by atoms with E-state index in [4.69, 9.17) is 0 Å². The van der Waals surface area contributed by atoms with Gasteiger partial charge in [-0.05, 0) is 37.1 Å². The number of anilines is 1. The molecule has 0 unspecified atom stereocenters. The highest BCUT2D eigenvalue weighted by Gasteiger charge is 2.35. The summed E-state index contributed by atoms with van der Waals surface area (Å²) in [7, 11) is 0. The fourth-order valence-corrected chi connectivity index (χ4v) is 3.45. The van der Waals surface area contributed by atoms with Gasteiger partial charge < -0.3 is 9.80 Å². The Hall–Kier alpha value is -3.10. The number of rotatable bonds is 3. The number of halogens is 1. The first kappa shape index (κ1) is 16.1. The van der Waals surface area contributed by atoms with E-state index in [1.807, 2.05) is 4.90 Å². The second kappa shape index (κ2) is 6.26. The van der Waals surface area contributed by atoms with E-state index in [-0.39, 0.29) is 17.6 Å². The van der Waals surface area contributed by atoms with Crippen LogP contribution in [0.2, 0.25) is 0 Å². The largest absolute Gasteiger partial charge is 0.351 e. The molecule has 1 aliphatic carbocycles. The summed E-state index contributed by atoms with van der Waals surface area (Å²) in [5.74, 6) is 0.937. The third-order valence-corrected chi connectivity index (χ3v) is 5.11. The van der Waals surface area contributed by atoms with Crippen LogP contribution in [0.3, 0.4) is 0 Å². The van der Waals surface area contributed by atoms with Gasteiger partial charge in [0.15, 0.2) is 17.0 Å². The first-order valence-electron chi connectivity index (χ1n) is 9.07. The Kier molecular flexibility index (Phi) is 3.73. The second-order valence-corrected chi connectivity index (χ2v) is 6.93. The summed E-state index contributed by atoms with van der Waals surface area (Å²) in [4.78, 5) is 25.0. The van der Waals surface area contributed by atoms with Crippen LogP contribution in [0, 0.1) is 11.7 Å². The summed E-state index contributed by atoms with van der Waals surface area (Å²) >= 11 is 0. The summed E-state index contributed by atoms with van der Waals surface area (Å²) in [6.07, 6.45) is 3.54. The quantitative estimate of drug-likeness (QED) is 0.696. The molecule has 1 saturated heterocycles. The fourth-order valence-electron chi connectivity index (χ4n) is 3.45. The smallest absolute Gasteiger partial charge is 0.225 e. The van der Waals surface area contributed by atoms with Gasteiger partial charge in [0.2, 0.25) is 5.91 Å². The first-order chi connectivity index (χ1) is 13.2. The standard InChI is InChI=1S/C18H18FN7O/c19-13-3-5-14(6-4-13)26-17-15(22-23-26)16(20-11-21-17)24-7-9-25(10-8-24)18(27)12-1-2-12/h3-6,11-12H,1-2,7-10H2. The fraction of sp³-hybridized carbons (Fsp3) is 0.389. The van der Waals surface area contributed by atoms with Gasteiger partial charge in [-0.25, -0.2) is 14.4 Å². The predicted octanol–water partition coefficient (Wildman–Crippen LogP) is 1.41. The van der Waals surface area contributed by atoms with E-state index in [2.05, 4.69) is 25.2 Å². The van der Waals surface area contributed by atoms with Crippen LogP contribution in [0.5, 0.6) is 0 Å². The minimum Gasteiger partial charge on any atom is -0.351 e. The van der Waals surface area contributed by atoms with Gasteiger partial charge in [-0.15, -0.1) is 5.10 Å². The van der Waals surface area contributed by atoms with Crippen LogP contribution in [0.25, 0.3) is 16.9 Å². The molecule has 27 heavy (non-hydrogen) atoms. The van der Waals surface area contributed by atoms with Crippen LogP contribution in [0.1, 0.15) is 12.8 Å². The first-order valence-corrected chi connectivity index (χ1v) is 9.07. The second-order valence-electron chi connectivity index (χ2n) is 6.93. The highest BCUT2D eigenvalue weighted by molar-refractivity contribution is 5.84. The number of aromatic nitrogens is 5. The average molecular weight is 367 g/mol. The lowest BCUT2D eigenvalue weighted by Crippen LogP contribution is -2.49. The molecular weight excluding hydrogens is 349 g/mol. The van der Waals surface area contributed by atoms with Crippen LogP contribution < -0.4 is 4.90 Å². The molecule has 0 atom stereocenters. The monoisotopic (exact) mass is 367 g/mol. The van der Waals surface area contributed by atoms with Crippen molar-refractivity contribution in [1.29, 1.82) is 0 Å². The zero-order chi connectivity index (χ0) is 18.4. The topological polar surface area (TPSA) is 80.0 Å². The lowest BCUT2D eigenvalue weighted by atomic mass is 10.2. The molecule has 0 radical (unpaired) electrons. The Labute approximate surface area is 154 Å². The highest BCUT2D eigenvalue weighted by atomic mass is 19.1. The van der Waals surface area contributed by atoms with Crippen molar-refractivity contribution in [2.75, 3.05) is 31.1 Å². The Morgan fingerprint density at radius 3 is 2.48 bits per heavy atom. The van der Waals surface area contributed by atoms with Crippen molar-refractivity contribution in [2.24, 2.45) is 5.92 Å². The Morgan fingerprint density at radius 1 is 1.04 bits per heavy atom. The molecule has 0 bridgehead atoms. The van der Waals surface area contributed by atoms with Gasteiger partial charge in [0.25, 0.3) is 0 Å². The number of hydrogen-bond donors (Lipinski definition) is 0. The van der Waals surface area contributed by atoms with E-state index in [1.54, 1.807) is 16.8 Å². The highest BCUT2D eigenvalue weighted by Crippen LogP contribution is 2.31. The Balaban J connectivity index is 1.41. The molecule has 3 aromatic rings. The van der Waals surface area contributed by atoms with Crippen LogP contribution in [-0.4, -0.2) is 61.9 Å². The summed E-state index contributed by atoms with van der Waals surface area (Å²) in [6, 6.07) is 6.02. The van der Waals surface area contributed by atoms with E-state index in [9.17, 15) is 9.18 Å². The van der Waals surface area contributed by atoms with Crippen molar-refractivity contribution in [3.05, 3.63) is 36.4 Å². The van der Waals surface area contributed by atoms with E-state index in [0.717, 1.165) is 12.8 Å². The number of carbonyl (C=O) groups excluding carboxylic acids is 1. The minimum atomic E-state index is -0.308. The number of fused-ring (bicyclic) bond motifs is 1. The van der Waals surface area contributed by atoms with Gasteiger partial charge in [-0.3, -0.25) is 4.79 Å². The molecular formula is C18H18FN7O. The summed E-state index contributed by atoms with van der Waals surface area (Å²) in [5.41, 5.74) is 1.86.